The first-order valence-corrected chi connectivity index (χ1v) is 6.39. The summed E-state index contributed by atoms with van der Waals surface area (Å²) in [6, 6.07) is 0.0127. The van der Waals surface area contributed by atoms with E-state index in [0.29, 0.717) is 0 Å². The number of likely N-dealkylation sites (tertiary alicyclic amines) is 1. The van der Waals surface area contributed by atoms with Gasteiger partial charge in [0.25, 0.3) is 0 Å². The molecule has 2 atom stereocenters. The fraction of sp³-hybridized carbons (Fsp3) is 0.833. The summed E-state index contributed by atoms with van der Waals surface area (Å²) < 4.78 is 0. The molecule has 0 aromatic rings. The minimum absolute atomic E-state index is 0.0173. The molecule has 2 aliphatic rings. The number of carbonyl (C=O) groups excluding carboxylic acids is 2. The lowest BCUT2D eigenvalue weighted by Gasteiger charge is -2.37. The summed E-state index contributed by atoms with van der Waals surface area (Å²) >= 11 is 0. The van der Waals surface area contributed by atoms with Crippen LogP contribution in [-0.4, -0.2) is 59.9 Å². The number of carbonyl (C=O) groups is 2. The van der Waals surface area contributed by atoms with E-state index in [0.717, 1.165) is 39.0 Å². The molecular formula is C12H21N3O2. The molecule has 1 N–H and O–H groups in total. The summed E-state index contributed by atoms with van der Waals surface area (Å²) in [6.45, 7) is 6.78. The largest absolute Gasteiger partial charge is 0.336 e. The summed E-state index contributed by atoms with van der Waals surface area (Å²) in [4.78, 5) is 27.5. The van der Waals surface area contributed by atoms with Gasteiger partial charge in [0, 0.05) is 39.1 Å². The van der Waals surface area contributed by atoms with Crippen LogP contribution in [0.4, 0.5) is 0 Å². The van der Waals surface area contributed by atoms with Crippen LogP contribution < -0.4 is 5.32 Å². The van der Waals surface area contributed by atoms with Crippen molar-refractivity contribution >= 4 is 11.8 Å². The number of nitrogens with zero attached hydrogens (tertiary/aromatic N) is 2. The van der Waals surface area contributed by atoms with Crippen molar-refractivity contribution < 1.29 is 9.59 Å². The average molecular weight is 239 g/mol. The minimum atomic E-state index is -0.215. The van der Waals surface area contributed by atoms with Gasteiger partial charge in [-0.05, 0) is 19.8 Å². The van der Waals surface area contributed by atoms with Crippen molar-refractivity contribution in [1.29, 1.82) is 0 Å². The van der Waals surface area contributed by atoms with Crippen LogP contribution in [0.1, 0.15) is 26.7 Å². The van der Waals surface area contributed by atoms with E-state index >= 15 is 0 Å². The van der Waals surface area contributed by atoms with Crippen LogP contribution in [0.15, 0.2) is 0 Å². The lowest BCUT2D eigenvalue weighted by atomic mass is 10.1. The molecule has 5 heteroatoms. The van der Waals surface area contributed by atoms with Crippen molar-refractivity contribution in [2.24, 2.45) is 0 Å². The Balaban J connectivity index is 2.05. The summed E-state index contributed by atoms with van der Waals surface area (Å²) in [6.07, 6.45) is 1.76. The Morgan fingerprint density at radius 3 is 2.65 bits per heavy atom. The first kappa shape index (κ1) is 12.4. The van der Waals surface area contributed by atoms with Crippen molar-refractivity contribution in [3.05, 3.63) is 0 Å². The Bertz CT molecular complexity index is 319. The molecule has 0 saturated carbocycles. The van der Waals surface area contributed by atoms with Gasteiger partial charge in [0.05, 0.1) is 0 Å². The predicted molar refractivity (Wildman–Crippen MR) is 64.5 cm³/mol. The molecule has 0 aromatic carbocycles. The van der Waals surface area contributed by atoms with Crippen molar-refractivity contribution in [3.63, 3.8) is 0 Å². The first-order valence-electron chi connectivity index (χ1n) is 6.39. The third-order valence-electron chi connectivity index (χ3n) is 3.73. The third-order valence-corrected chi connectivity index (χ3v) is 3.73. The summed E-state index contributed by atoms with van der Waals surface area (Å²) in [5, 5.41) is 3.27. The van der Waals surface area contributed by atoms with Crippen LogP contribution in [0.25, 0.3) is 0 Å². The standard InChI is InChI=1S/C12H21N3O2/c1-9-8-13-5-7-14(9)12(17)11-4-3-6-15(11)10(2)16/h9,11,13H,3-8H2,1-2H3/t9-,11?/m0/s1. The Hall–Kier alpha value is -1.10. The number of hydrogen-bond acceptors (Lipinski definition) is 3. The Kier molecular flexibility index (Phi) is 3.66. The van der Waals surface area contributed by atoms with Gasteiger partial charge in [0.1, 0.15) is 6.04 Å². The molecule has 17 heavy (non-hydrogen) atoms. The molecule has 2 rings (SSSR count). The average Bonchev–Trinajstić information content (AvgIpc) is 2.77. The van der Waals surface area contributed by atoms with Gasteiger partial charge in [0.2, 0.25) is 11.8 Å². The molecule has 0 aliphatic carbocycles. The van der Waals surface area contributed by atoms with Crippen LogP contribution in [0.2, 0.25) is 0 Å². The maximum absolute atomic E-state index is 12.4. The van der Waals surface area contributed by atoms with Crippen molar-refractivity contribution in [3.8, 4) is 0 Å². The maximum atomic E-state index is 12.4. The van der Waals surface area contributed by atoms with E-state index in [9.17, 15) is 9.59 Å². The fourth-order valence-corrected chi connectivity index (χ4v) is 2.76. The Morgan fingerprint density at radius 1 is 1.24 bits per heavy atom. The van der Waals surface area contributed by atoms with E-state index in [2.05, 4.69) is 12.2 Å². The van der Waals surface area contributed by atoms with Crippen LogP contribution in [0.5, 0.6) is 0 Å². The number of amides is 2. The van der Waals surface area contributed by atoms with Gasteiger partial charge in [0.15, 0.2) is 0 Å². The molecule has 0 spiro atoms. The second-order valence-electron chi connectivity index (χ2n) is 4.96. The molecule has 1 unspecified atom stereocenters. The monoisotopic (exact) mass is 239 g/mol. The molecule has 0 bridgehead atoms. The van der Waals surface area contributed by atoms with Gasteiger partial charge >= 0.3 is 0 Å². The Morgan fingerprint density at radius 2 is 2.00 bits per heavy atom. The smallest absolute Gasteiger partial charge is 0.245 e. The zero-order chi connectivity index (χ0) is 12.4. The zero-order valence-corrected chi connectivity index (χ0v) is 10.6. The molecular weight excluding hydrogens is 218 g/mol. The zero-order valence-electron chi connectivity index (χ0n) is 10.6. The van der Waals surface area contributed by atoms with Crippen molar-refractivity contribution in [2.45, 2.75) is 38.8 Å². The first-order chi connectivity index (χ1) is 8.11. The van der Waals surface area contributed by atoms with Gasteiger partial charge in [-0.25, -0.2) is 0 Å². The van der Waals surface area contributed by atoms with E-state index in [-0.39, 0.29) is 23.9 Å². The highest BCUT2D eigenvalue weighted by Crippen LogP contribution is 2.20. The molecule has 96 valence electrons. The summed E-state index contributed by atoms with van der Waals surface area (Å²) in [5.74, 6) is 0.148. The van der Waals surface area contributed by atoms with Crippen molar-refractivity contribution in [1.82, 2.24) is 15.1 Å². The highest BCUT2D eigenvalue weighted by Gasteiger charge is 2.36. The number of nitrogens with one attached hydrogen (secondary N) is 1. The lowest BCUT2D eigenvalue weighted by Crippen LogP contribution is -2.57. The van der Waals surface area contributed by atoms with Crippen LogP contribution in [0.3, 0.4) is 0 Å². The van der Waals surface area contributed by atoms with Gasteiger partial charge in [-0.15, -0.1) is 0 Å². The topological polar surface area (TPSA) is 52.7 Å². The van der Waals surface area contributed by atoms with Gasteiger partial charge in [-0.1, -0.05) is 0 Å². The molecule has 5 nitrogen and oxygen atoms in total. The van der Waals surface area contributed by atoms with E-state index in [1.54, 1.807) is 11.8 Å². The van der Waals surface area contributed by atoms with Gasteiger partial charge in [-0.3, -0.25) is 9.59 Å². The summed E-state index contributed by atoms with van der Waals surface area (Å²) in [7, 11) is 0. The minimum Gasteiger partial charge on any atom is -0.336 e. The molecule has 2 fully saturated rings. The third kappa shape index (κ3) is 2.44. The second-order valence-corrected chi connectivity index (χ2v) is 4.96. The van der Waals surface area contributed by atoms with E-state index in [4.69, 9.17) is 0 Å². The lowest BCUT2D eigenvalue weighted by molar-refractivity contribution is -0.144. The van der Waals surface area contributed by atoms with Gasteiger partial charge < -0.3 is 15.1 Å². The molecule has 2 amide bonds. The second kappa shape index (κ2) is 5.04. The van der Waals surface area contributed by atoms with Crippen LogP contribution >= 0.6 is 0 Å². The highest BCUT2D eigenvalue weighted by atomic mass is 16.2. The van der Waals surface area contributed by atoms with Crippen molar-refractivity contribution in [2.75, 3.05) is 26.2 Å². The number of hydrogen-bond donors (Lipinski definition) is 1. The Labute approximate surface area is 102 Å². The van der Waals surface area contributed by atoms with E-state index in [1.165, 1.54) is 0 Å². The SMILES string of the molecule is CC(=O)N1CCCC1C(=O)N1CCNC[C@@H]1C. The molecule has 2 aliphatic heterocycles. The van der Waals surface area contributed by atoms with Gasteiger partial charge in [-0.2, -0.15) is 0 Å². The number of piperazine rings is 1. The molecule has 0 aromatic heterocycles. The van der Waals surface area contributed by atoms with Crippen LogP contribution in [-0.2, 0) is 9.59 Å². The quantitative estimate of drug-likeness (QED) is 0.690. The highest BCUT2D eigenvalue weighted by molar-refractivity contribution is 5.87. The normalized spacial score (nSPS) is 29.5. The predicted octanol–water partition coefficient (Wildman–Crippen LogP) is -0.182. The molecule has 0 radical (unpaired) electrons. The summed E-state index contributed by atoms with van der Waals surface area (Å²) in [5.41, 5.74) is 0. The van der Waals surface area contributed by atoms with Crippen LogP contribution in [0, 0.1) is 0 Å². The fourth-order valence-electron chi connectivity index (χ4n) is 2.76. The molecule has 2 heterocycles. The maximum Gasteiger partial charge on any atom is 0.245 e. The van der Waals surface area contributed by atoms with E-state index in [1.807, 2.05) is 4.90 Å². The molecule has 2 saturated heterocycles. The number of rotatable bonds is 1. The van der Waals surface area contributed by atoms with E-state index < -0.39 is 0 Å².